The van der Waals surface area contributed by atoms with Crippen molar-refractivity contribution in [3.05, 3.63) is 91.0 Å². The van der Waals surface area contributed by atoms with Crippen LogP contribution in [-0.2, 0) is 16.5 Å². The maximum Gasteiger partial charge on any atom is 2.00 e. The fourth-order valence-corrected chi connectivity index (χ4v) is 4.48. The molecule has 0 aliphatic carbocycles. The smallest absolute Gasteiger partial charge is 0.0622 e. The van der Waals surface area contributed by atoms with Crippen LogP contribution in [0.3, 0.4) is 0 Å². The van der Waals surface area contributed by atoms with Crippen molar-refractivity contribution in [3.8, 4) is 0 Å². The number of hydrogen-bond acceptors (Lipinski definition) is 0. The summed E-state index contributed by atoms with van der Waals surface area (Å²) in [5.74, 6) is 0. The maximum absolute atomic E-state index is 2.23. The van der Waals surface area contributed by atoms with Gasteiger partial charge in [-0.15, -0.1) is 0 Å². The van der Waals surface area contributed by atoms with Crippen molar-refractivity contribution in [1.82, 2.24) is 0 Å². The third-order valence-electron chi connectivity index (χ3n) is 3.04. The monoisotopic (exact) mass is 320 g/mol. The molecule has 3 aromatic carbocycles. The fraction of sp³-hybridized carbons (Fsp3) is 0. The van der Waals surface area contributed by atoms with Gasteiger partial charge < -0.3 is 0 Å². The van der Waals surface area contributed by atoms with Gasteiger partial charge in [-0.25, -0.2) is 0 Å². The van der Waals surface area contributed by atoms with Crippen LogP contribution in [0.1, 0.15) is 0 Å². The van der Waals surface area contributed by atoms with E-state index < -0.39 is 7.92 Å². The van der Waals surface area contributed by atoms with Crippen LogP contribution in [0, 0.1) is 0 Å². The second kappa shape index (κ2) is 7.39. The summed E-state index contributed by atoms with van der Waals surface area (Å²) in [6, 6.07) is 32.3. The first kappa shape index (κ1) is 15.0. The summed E-state index contributed by atoms with van der Waals surface area (Å²) in [7, 11) is -0.446. The van der Waals surface area contributed by atoms with Crippen LogP contribution in [0.2, 0.25) is 0 Å². The summed E-state index contributed by atoms with van der Waals surface area (Å²) in [5.41, 5.74) is 0. The van der Waals surface area contributed by atoms with Gasteiger partial charge in [0.2, 0.25) is 0 Å². The van der Waals surface area contributed by atoms with Gasteiger partial charge in [0.15, 0.2) is 0 Å². The molecular weight excluding hydrogens is 306 g/mol. The maximum atomic E-state index is 2.23. The Morgan fingerprint density at radius 3 is 0.900 bits per heavy atom. The van der Waals surface area contributed by atoms with Gasteiger partial charge in [-0.1, -0.05) is 91.0 Å². The predicted octanol–water partition coefficient (Wildman–Crippen LogP) is 3.44. The normalized spacial score (nSPS) is 10.1. The molecule has 0 aliphatic rings. The van der Waals surface area contributed by atoms with Crippen LogP contribution >= 0.6 is 7.92 Å². The van der Waals surface area contributed by atoms with Gasteiger partial charge >= 0.3 is 16.5 Å². The summed E-state index contributed by atoms with van der Waals surface area (Å²) in [6.07, 6.45) is 0. The van der Waals surface area contributed by atoms with Crippen molar-refractivity contribution in [2.75, 3.05) is 0 Å². The first-order chi connectivity index (χ1) is 9.45. The Bertz CT molecular complexity index is 529. The van der Waals surface area contributed by atoms with E-state index in [2.05, 4.69) is 91.0 Å². The molecule has 0 saturated carbocycles. The van der Waals surface area contributed by atoms with Gasteiger partial charge in [0, 0.05) is 0 Å². The molecule has 0 saturated heterocycles. The van der Waals surface area contributed by atoms with Crippen LogP contribution < -0.4 is 15.9 Å². The summed E-state index contributed by atoms with van der Waals surface area (Å²) in [6.45, 7) is 0. The SMILES string of the molecule is [Ni+2].c1ccc(P(c2ccccc2)c2ccccc2)cc1. The Morgan fingerprint density at radius 1 is 0.400 bits per heavy atom. The minimum atomic E-state index is -0.446. The third kappa shape index (κ3) is 3.37. The Labute approximate surface area is 131 Å². The molecule has 3 aromatic rings. The van der Waals surface area contributed by atoms with Crippen molar-refractivity contribution in [2.24, 2.45) is 0 Å². The molecule has 0 amide bonds. The standard InChI is InChI=1S/C18H15P.Ni/c1-4-10-16(11-5-1)19(17-12-6-2-7-13-17)18-14-8-3-9-15-18;/h1-15H;/q;+2. The van der Waals surface area contributed by atoms with Crippen molar-refractivity contribution in [1.29, 1.82) is 0 Å². The summed E-state index contributed by atoms with van der Waals surface area (Å²) >= 11 is 0. The largest absolute Gasteiger partial charge is 2.00 e. The first-order valence-electron chi connectivity index (χ1n) is 6.40. The average molecular weight is 321 g/mol. The molecule has 0 heterocycles. The third-order valence-corrected chi connectivity index (χ3v) is 5.49. The average Bonchev–Trinajstić information content (AvgIpc) is 2.51. The number of rotatable bonds is 3. The molecule has 0 N–H and O–H groups in total. The molecule has 0 aromatic heterocycles. The van der Waals surface area contributed by atoms with Gasteiger partial charge in [0.05, 0.1) is 0 Å². The molecule has 0 spiro atoms. The predicted molar refractivity (Wildman–Crippen MR) is 85.1 cm³/mol. The quantitative estimate of drug-likeness (QED) is 0.512. The van der Waals surface area contributed by atoms with E-state index in [1.54, 1.807) is 0 Å². The van der Waals surface area contributed by atoms with E-state index in [4.69, 9.17) is 0 Å². The van der Waals surface area contributed by atoms with Crippen molar-refractivity contribution in [2.45, 2.75) is 0 Å². The number of hydrogen-bond donors (Lipinski definition) is 0. The van der Waals surface area contributed by atoms with E-state index in [-0.39, 0.29) is 16.5 Å². The second-order valence-corrected chi connectivity index (χ2v) is 6.56. The van der Waals surface area contributed by atoms with Gasteiger partial charge in [0.1, 0.15) is 0 Å². The Morgan fingerprint density at radius 2 is 0.650 bits per heavy atom. The number of benzene rings is 3. The molecule has 2 heteroatoms. The Hall–Kier alpha value is -1.42. The molecule has 0 bridgehead atoms. The molecule has 0 nitrogen and oxygen atoms in total. The van der Waals surface area contributed by atoms with Gasteiger partial charge in [-0.2, -0.15) is 0 Å². The van der Waals surface area contributed by atoms with Crippen molar-refractivity contribution in [3.63, 3.8) is 0 Å². The van der Waals surface area contributed by atoms with Crippen LogP contribution in [0.5, 0.6) is 0 Å². The molecule has 0 fully saturated rings. The molecule has 100 valence electrons. The van der Waals surface area contributed by atoms with Gasteiger partial charge in [-0.05, 0) is 23.8 Å². The van der Waals surface area contributed by atoms with E-state index in [0.717, 1.165) is 0 Å². The minimum absolute atomic E-state index is 0. The zero-order valence-corrected chi connectivity index (χ0v) is 12.8. The van der Waals surface area contributed by atoms with Crippen LogP contribution in [-0.4, -0.2) is 0 Å². The Balaban J connectivity index is 0.00000147. The Kier molecular flexibility index (Phi) is 5.53. The van der Waals surface area contributed by atoms with Gasteiger partial charge in [-0.3, -0.25) is 0 Å². The molecule has 3 rings (SSSR count). The van der Waals surface area contributed by atoms with E-state index in [1.165, 1.54) is 15.9 Å². The molecule has 0 atom stereocenters. The summed E-state index contributed by atoms with van der Waals surface area (Å²) in [5, 5.41) is 4.19. The van der Waals surface area contributed by atoms with E-state index in [9.17, 15) is 0 Å². The summed E-state index contributed by atoms with van der Waals surface area (Å²) < 4.78 is 0. The molecule has 0 radical (unpaired) electrons. The fourth-order valence-electron chi connectivity index (χ4n) is 2.18. The van der Waals surface area contributed by atoms with Gasteiger partial charge in [0.25, 0.3) is 0 Å². The second-order valence-electron chi connectivity index (χ2n) is 4.34. The minimum Gasteiger partial charge on any atom is -0.0622 e. The van der Waals surface area contributed by atoms with Crippen LogP contribution in [0.25, 0.3) is 0 Å². The van der Waals surface area contributed by atoms with E-state index >= 15 is 0 Å². The van der Waals surface area contributed by atoms with Crippen molar-refractivity contribution >= 4 is 23.8 Å². The van der Waals surface area contributed by atoms with E-state index in [0.29, 0.717) is 0 Å². The molecule has 20 heavy (non-hydrogen) atoms. The molecular formula is C18H15NiP+2. The van der Waals surface area contributed by atoms with Crippen molar-refractivity contribution < 1.29 is 16.5 Å². The molecule has 0 aliphatic heterocycles. The van der Waals surface area contributed by atoms with E-state index in [1.807, 2.05) is 0 Å². The topological polar surface area (TPSA) is 0 Å². The first-order valence-corrected chi connectivity index (χ1v) is 7.74. The zero-order chi connectivity index (χ0) is 12.9. The van der Waals surface area contributed by atoms with Crippen LogP contribution in [0.4, 0.5) is 0 Å². The zero-order valence-electron chi connectivity index (χ0n) is 10.9. The van der Waals surface area contributed by atoms with Crippen LogP contribution in [0.15, 0.2) is 91.0 Å². The molecule has 0 unspecified atom stereocenters. The summed E-state index contributed by atoms with van der Waals surface area (Å²) in [4.78, 5) is 0.